The summed E-state index contributed by atoms with van der Waals surface area (Å²) in [5, 5.41) is 4.04. The van der Waals surface area contributed by atoms with E-state index in [4.69, 9.17) is 9.47 Å². The van der Waals surface area contributed by atoms with Crippen molar-refractivity contribution in [3.05, 3.63) is 34.0 Å². The molecule has 8 heteroatoms. The molecular formula is C50H79NO4S3. The number of carbonyl (C=O) groups excluding carboxylic acids is 2. The van der Waals surface area contributed by atoms with Crippen molar-refractivity contribution in [1.29, 1.82) is 0 Å². The highest BCUT2D eigenvalue weighted by molar-refractivity contribution is 7.26. The number of amides is 2. The predicted molar refractivity (Wildman–Crippen MR) is 253 cm³/mol. The average molecular weight is 854 g/mol. The second-order valence-electron chi connectivity index (χ2n) is 16.9. The molecule has 0 bridgehead atoms. The molecule has 4 rings (SSSR count). The number of imide groups is 1. The summed E-state index contributed by atoms with van der Waals surface area (Å²) < 4.78 is 13.1. The molecule has 3 aromatic heterocycles. The van der Waals surface area contributed by atoms with E-state index >= 15 is 0 Å². The lowest BCUT2D eigenvalue weighted by Crippen LogP contribution is -2.35. The normalized spacial score (nSPS) is 13.2. The maximum absolute atomic E-state index is 14.2. The summed E-state index contributed by atoms with van der Waals surface area (Å²) in [5.74, 6) is 1.91. The van der Waals surface area contributed by atoms with Crippen molar-refractivity contribution in [1.82, 2.24) is 4.90 Å². The molecule has 5 nitrogen and oxygen atoms in total. The first kappa shape index (κ1) is 48.5. The zero-order valence-corrected chi connectivity index (χ0v) is 39.6. The Morgan fingerprint density at radius 3 is 1.60 bits per heavy atom. The smallest absolute Gasteiger partial charge is 0.263 e. The monoisotopic (exact) mass is 854 g/mol. The maximum atomic E-state index is 14.2. The van der Waals surface area contributed by atoms with Gasteiger partial charge in [-0.05, 0) is 43.0 Å². The third-order valence-electron chi connectivity index (χ3n) is 11.9. The first-order valence-corrected chi connectivity index (χ1v) is 26.6. The van der Waals surface area contributed by atoms with Gasteiger partial charge in [-0.2, -0.15) is 0 Å². The zero-order chi connectivity index (χ0) is 41.2. The van der Waals surface area contributed by atoms with Gasteiger partial charge in [0.2, 0.25) is 0 Å². The standard InChI is InChI=1S/C50H79NO4S3/c1-5-9-13-16-18-20-22-24-26-29-34-54-42-33-36-56-46(42)47-43(55-35-30-27-25-23-21-19-17-14-10-6-2)37-44(58-47)48-45-41(39-57-48)49(52)51(50(45)53)38-40(31-12-8-4)32-28-15-11-7-3/h33,36-37,39-40H,5-32,34-35,38H2,1-4H3. The van der Waals surface area contributed by atoms with E-state index in [0.29, 0.717) is 30.2 Å². The molecular weight excluding hydrogens is 775 g/mol. The number of hydrogen-bond acceptors (Lipinski definition) is 7. The molecule has 0 aliphatic carbocycles. The van der Waals surface area contributed by atoms with Gasteiger partial charge in [-0.15, -0.1) is 34.0 Å². The molecule has 1 aliphatic heterocycles. The van der Waals surface area contributed by atoms with E-state index in [-0.39, 0.29) is 11.8 Å². The summed E-state index contributed by atoms with van der Waals surface area (Å²) in [5.41, 5.74) is 1.16. The van der Waals surface area contributed by atoms with Crippen LogP contribution in [0.25, 0.3) is 19.5 Å². The van der Waals surface area contributed by atoms with Crippen LogP contribution in [0.15, 0.2) is 22.9 Å². The predicted octanol–water partition coefficient (Wildman–Crippen LogP) is 17.2. The van der Waals surface area contributed by atoms with Crippen molar-refractivity contribution in [2.24, 2.45) is 5.92 Å². The van der Waals surface area contributed by atoms with Gasteiger partial charge >= 0.3 is 0 Å². The number of ether oxygens (including phenoxy) is 2. The van der Waals surface area contributed by atoms with Crippen LogP contribution in [0.5, 0.6) is 11.5 Å². The first-order valence-electron chi connectivity index (χ1n) is 24.0. The molecule has 58 heavy (non-hydrogen) atoms. The second-order valence-corrected chi connectivity index (χ2v) is 19.8. The molecule has 1 unspecified atom stereocenters. The molecule has 4 heterocycles. The van der Waals surface area contributed by atoms with Gasteiger partial charge in [0.25, 0.3) is 11.8 Å². The van der Waals surface area contributed by atoms with Crippen molar-refractivity contribution in [2.75, 3.05) is 19.8 Å². The Hall–Kier alpha value is -2.16. The van der Waals surface area contributed by atoms with Crippen LogP contribution in [0.2, 0.25) is 0 Å². The fourth-order valence-electron chi connectivity index (χ4n) is 8.26. The van der Waals surface area contributed by atoms with Crippen LogP contribution < -0.4 is 9.47 Å². The van der Waals surface area contributed by atoms with Crippen molar-refractivity contribution >= 4 is 45.8 Å². The Kier molecular flexibility index (Phi) is 24.4. The van der Waals surface area contributed by atoms with Gasteiger partial charge in [0.1, 0.15) is 11.5 Å². The number of rotatable bonds is 36. The van der Waals surface area contributed by atoms with E-state index in [2.05, 4.69) is 45.2 Å². The van der Waals surface area contributed by atoms with E-state index in [1.165, 1.54) is 153 Å². The van der Waals surface area contributed by atoms with Crippen molar-refractivity contribution in [2.45, 2.75) is 207 Å². The van der Waals surface area contributed by atoms with Crippen LogP contribution in [0.4, 0.5) is 0 Å². The minimum atomic E-state index is -0.120. The molecule has 0 radical (unpaired) electrons. The number of fused-ring (bicyclic) bond motifs is 1. The Morgan fingerprint density at radius 1 is 0.534 bits per heavy atom. The lowest BCUT2D eigenvalue weighted by molar-refractivity contribution is 0.0622. The summed E-state index contributed by atoms with van der Waals surface area (Å²) in [6.07, 6.45) is 35.2. The van der Waals surface area contributed by atoms with Gasteiger partial charge < -0.3 is 9.47 Å². The van der Waals surface area contributed by atoms with Gasteiger partial charge in [0.15, 0.2) is 0 Å². The molecule has 2 amide bonds. The molecule has 326 valence electrons. The van der Waals surface area contributed by atoms with Crippen LogP contribution in [-0.4, -0.2) is 36.5 Å². The van der Waals surface area contributed by atoms with Crippen LogP contribution in [0.1, 0.15) is 228 Å². The Morgan fingerprint density at radius 2 is 1.03 bits per heavy atom. The van der Waals surface area contributed by atoms with Gasteiger partial charge in [0.05, 0.1) is 39.0 Å². The molecule has 0 aromatic carbocycles. The second kappa shape index (κ2) is 29.2. The summed E-state index contributed by atoms with van der Waals surface area (Å²) in [6, 6.07) is 4.23. The quantitative estimate of drug-likeness (QED) is 0.0432. The maximum Gasteiger partial charge on any atom is 0.263 e. The van der Waals surface area contributed by atoms with Crippen LogP contribution in [-0.2, 0) is 0 Å². The number of carbonyl (C=O) groups is 2. The van der Waals surface area contributed by atoms with E-state index in [1.807, 2.05) is 5.38 Å². The molecule has 1 atom stereocenters. The fourth-order valence-corrected chi connectivity index (χ4v) is 11.5. The first-order chi connectivity index (χ1) is 28.5. The van der Waals surface area contributed by atoms with E-state index in [9.17, 15) is 9.59 Å². The van der Waals surface area contributed by atoms with Crippen LogP contribution >= 0.6 is 34.0 Å². The summed E-state index contributed by atoms with van der Waals surface area (Å²) in [6.45, 7) is 10.9. The highest BCUT2D eigenvalue weighted by Crippen LogP contribution is 2.51. The van der Waals surface area contributed by atoms with Gasteiger partial charge in [-0.3, -0.25) is 14.5 Å². The lowest BCUT2D eigenvalue weighted by atomic mass is 9.94. The molecule has 0 spiro atoms. The number of thiophene rings is 3. The molecule has 0 saturated heterocycles. The van der Waals surface area contributed by atoms with Crippen molar-refractivity contribution < 1.29 is 19.1 Å². The molecule has 3 aromatic rings. The summed E-state index contributed by atoms with van der Waals surface area (Å²) in [7, 11) is 0. The van der Waals surface area contributed by atoms with Crippen LogP contribution in [0.3, 0.4) is 0 Å². The fraction of sp³-hybridized carbons (Fsp3) is 0.720. The van der Waals surface area contributed by atoms with Crippen molar-refractivity contribution in [3.63, 3.8) is 0 Å². The van der Waals surface area contributed by atoms with Crippen molar-refractivity contribution in [3.8, 4) is 31.0 Å². The molecule has 0 fully saturated rings. The number of hydrogen-bond donors (Lipinski definition) is 0. The van der Waals surface area contributed by atoms with Crippen LogP contribution in [0, 0.1) is 5.92 Å². The highest BCUT2D eigenvalue weighted by atomic mass is 32.1. The number of nitrogens with zero attached hydrogens (tertiary/aromatic N) is 1. The topological polar surface area (TPSA) is 55.8 Å². The van der Waals surface area contributed by atoms with Gasteiger partial charge in [0, 0.05) is 22.9 Å². The van der Waals surface area contributed by atoms with Gasteiger partial charge in [-0.1, -0.05) is 182 Å². The molecule has 0 N–H and O–H groups in total. The van der Waals surface area contributed by atoms with Gasteiger partial charge in [-0.25, -0.2) is 0 Å². The van der Waals surface area contributed by atoms with E-state index in [1.54, 1.807) is 27.6 Å². The molecule has 0 saturated carbocycles. The van der Waals surface area contributed by atoms with E-state index in [0.717, 1.165) is 76.1 Å². The average Bonchev–Trinajstić information content (AvgIpc) is 4.02. The molecule has 1 aliphatic rings. The minimum Gasteiger partial charge on any atom is -0.492 e. The lowest BCUT2D eigenvalue weighted by Gasteiger charge is -2.23. The van der Waals surface area contributed by atoms with E-state index < -0.39 is 0 Å². The third-order valence-corrected chi connectivity index (χ3v) is 15.2. The number of unbranched alkanes of at least 4 members (excludes halogenated alkanes) is 22. The highest BCUT2D eigenvalue weighted by Gasteiger charge is 2.40. The SMILES string of the molecule is CCCCCCCCCCCCOc1ccsc1-c1sc(-c2scc3c2C(=O)N(CC(CCCC)CCCCCC)C3=O)cc1OCCCCCCCCCCCC. The minimum absolute atomic E-state index is 0.118. The Labute approximate surface area is 366 Å². The third kappa shape index (κ3) is 16.0. The summed E-state index contributed by atoms with van der Waals surface area (Å²) >= 11 is 4.90. The largest absolute Gasteiger partial charge is 0.492 e. The Balaban J connectivity index is 1.42. The zero-order valence-electron chi connectivity index (χ0n) is 37.1. The summed E-state index contributed by atoms with van der Waals surface area (Å²) in [4.78, 5) is 33.6. The Bertz CT molecular complexity index is 1560.